The van der Waals surface area contributed by atoms with Gasteiger partial charge in [0.1, 0.15) is 17.1 Å². The first-order valence-corrected chi connectivity index (χ1v) is 7.47. The van der Waals surface area contributed by atoms with E-state index in [9.17, 15) is 14.0 Å². The number of nitrogens with zero attached hydrogens (tertiary/aromatic N) is 1. The third-order valence-corrected chi connectivity index (χ3v) is 4.18. The lowest BCUT2D eigenvalue weighted by molar-refractivity contribution is -0.131. The molecule has 24 heavy (non-hydrogen) atoms. The van der Waals surface area contributed by atoms with Crippen molar-refractivity contribution in [3.05, 3.63) is 65.5 Å². The number of carbonyl (C=O) groups is 2. The summed E-state index contributed by atoms with van der Waals surface area (Å²) in [6, 6.07) is 12.3. The van der Waals surface area contributed by atoms with Crippen LogP contribution < -0.4 is 10.1 Å². The minimum atomic E-state index is -1.16. The first kappa shape index (κ1) is 16.0. The van der Waals surface area contributed by atoms with Crippen molar-refractivity contribution >= 4 is 11.9 Å². The van der Waals surface area contributed by atoms with Gasteiger partial charge in [-0.2, -0.15) is 0 Å². The molecule has 0 aromatic heterocycles. The van der Waals surface area contributed by atoms with E-state index >= 15 is 0 Å². The molecule has 2 aromatic rings. The SMILES string of the molecule is COc1cccc(C2(C)NC(=O)N(Cc3ccc(F)cc3)C2=O)c1. The molecular formula is C18H17FN2O3. The number of nitrogens with one attached hydrogen (secondary N) is 1. The van der Waals surface area contributed by atoms with Crippen molar-refractivity contribution in [2.45, 2.75) is 19.0 Å². The summed E-state index contributed by atoms with van der Waals surface area (Å²) in [6.45, 7) is 1.75. The van der Waals surface area contributed by atoms with Crippen LogP contribution in [0.4, 0.5) is 9.18 Å². The van der Waals surface area contributed by atoms with E-state index in [-0.39, 0.29) is 18.3 Å². The normalized spacial score (nSPS) is 20.2. The number of benzene rings is 2. The molecule has 1 heterocycles. The van der Waals surface area contributed by atoms with Crippen LogP contribution in [0.3, 0.4) is 0 Å². The van der Waals surface area contributed by atoms with Crippen molar-refractivity contribution in [1.82, 2.24) is 10.2 Å². The van der Waals surface area contributed by atoms with Gasteiger partial charge in [-0.05, 0) is 42.3 Å². The highest BCUT2D eigenvalue weighted by Crippen LogP contribution is 2.31. The van der Waals surface area contributed by atoms with Gasteiger partial charge in [-0.3, -0.25) is 9.69 Å². The number of amides is 3. The fourth-order valence-electron chi connectivity index (χ4n) is 2.74. The van der Waals surface area contributed by atoms with E-state index in [4.69, 9.17) is 4.74 Å². The van der Waals surface area contributed by atoms with Crippen molar-refractivity contribution in [1.29, 1.82) is 0 Å². The predicted molar refractivity (Wildman–Crippen MR) is 85.8 cm³/mol. The molecule has 0 aliphatic carbocycles. The number of hydrogen-bond acceptors (Lipinski definition) is 3. The molecule has 6 heteroatoms. The zero-order chi connectivity index (χ0) is 17.3. The summed E-state index contributed by atoms with van der Waals surface area (Å²) in [4.78, 5) is 26.3. The number of imide groups is 1. The zero-order valence-electron chi connectivity index (χ0n) is 13.4. The van der Waals surface area contributed by atoms with E-state index in [1.807, 2.05) is 0 Å². The molecule has 1 aliphatic rings. The van der Waals surface area contributed by atoms with Crippen molar-refractivity contribution in [3.8, 4) is 5.75 Å². The fourth-order valence-corrected chi connectivity index (χ4v) is 2.74. The molecule has 1 N–H and O–H groups in total. The maximum absolute atomic E-state index is 13.0. The van der Waals surface area contributed by atoms with Gasteiger partial charge in [0.15, 0.2) is 0 Å². The molecule has 3 rings (SSSR count). The van der Waals surface area contributed by atoms with Crippen molar-refractivity contribution in [2.24, 2.45) is 0 Å². The van der Waals surface area contributed by atoms with Crippen LogP contribution in [-0.4, -0.2) is 23.9 Å². The van der Waals surface area contributed by atoms with Crippen LogP contribution in [0.25, 0.3) is 0 Å². The summed E-state index contributed by atoms with van der Waals surface area (Å²) < 4.78 is 18.2. The second kappa shape index (κ2) is 5.96. The number of ether oxygens (including phenoxy) is 1. The smallest absolute Gasteiger partial charge is 0.325 e. The Morgan fingerprint density at radius 2 is 1.88 bits per heavy atom. The molecule has 1 atom stereocenters. The Morgan fingerprint density at radius 3 is 2.54 bits per heavy atom. The highest BCUT2D eigenvalue weighted by Gasteiger charge is 2.49. The molecule has 1 aliphatic heterocycles. The zero-order valence-corrected chi connectivity index (χ0v) is 13.4. The van der Waals surface area contributed by atoms with Gasteiger partial charge in [-0.25, -0.2) is 9.18 Å². The van der Waals surface area contributed by atoms with Crippen LogP contribution in [0.2, 0.25) is 0 Å². The molecule has 0 spiro atoms. The maximum atomic E-state index is 13.0. The third kappa shape index (κ3) is 2.71. The maximum Gasteiger partial charge on any atom is 0.325 e. The van der Waals surface area contributed by atoms with Crippen LogP contribution in [0.5, 0.6) is 5.75 Å². The van der Waals surface area contributed by atoms with E-state index in [0.29, 0.717) is 16.9 Å². The highest BCUT2D eigenvalue weighted by molar-refractivity contribution is 6.07. The molecule has 0 radical (unpaired) electrons. The summed E-state index contributed by atoms with van der Waals surface area (Å²) in [6.07, 6.45) is 0. The minimum absolute atomic E-state index is 0.0878. The van der Waals surface area contributed by atoms with E-state index < -0.39 is 11.6 Å². The second-order valence-electron chi connectivity index (χ2n) is 5.80. The molecule has 1 fully saturated rings. The van der Waals surface area contributed by atoms with Gasteiger partial charge < -0.3 is 10.1 Å². The first-order chi connectivity index (χ1) is 11.4. The first-order valence-electron chi connectivity index (χ1n) is 7.47. The molecule has 0 saturated carbocycles. The Morgan fingerprint density at radius 1 is 1.17 bits per heavy atom. The summed E-state index contributed by atoms with van der Waals surface area (Å²) in [5.41, 5.74) is 0.155. The Labute approximate surface area is 139 Å². The lowest BCUT2D eigenvalue weighted by Crippen LogP contribution is -2.40. The van der Waals surface area contributed by atoms with Crippen molar-refractivity contribution < 1.29 is 18.7 Å². The van der Waals surface area contributed by atoms with E-state index in [0.717, 1.165) is 4.90 Å². The summed E-state index contributed by atoms with van der Waals surface area (Å²) >= 11 is 0. The Hall–Kier alpha value is -2.89. The number of urea groups is 1. The standard InChI is InChI=1S/C18H17FN2O3/c1-18(13-4-3-5-15(10-13)24-2)16(22)21(17(23)20-18)11-12-6-8-14(19)9-7-12/h3-10H,11H2,1-2H3,(H,20,23). The van der Waals surface area contributed by atoms with E-state index in [1.165, 1.54) is 19.2 Å². The number of methoxy groups -OCH3 is 1. The van der Waals surface area contributed by atoms with Crippen molar-refractivity contribution in [3.63, 3.8) is 0 Å². The summed E-state index contributed by atoms with van der Waals surface area (Å²) in [5.74, 6) is -0.116. The van der Waals surface area contributed by atoms with Crippen LogP contribution in [0, 0.1) is 5.82 Å². The predicted octanol–water partition coefficient (Wildman–Crippen LogP) is 2.80. The van der Waals surface area contributed by atoms with Gasteiger partial charge in [0, 0.05) is 0 Å². The summed E-state index contributed by atoms with van der Waals surface area (Å²) in [5, 5.41) is 2.74. The lowest BCUT2D eigenvalue weighted by Gasteiger charge is -2.22. The molecule has 1 saturated heterocycles. The molecule has 1 unspecified atom stereocenters. The van der Waals surface area contributed by atoms with Crippen LogP contribution in [0.1, 0.15) is 18.1 Å². The second-order valence-corrected chi connectivity index (χ2v) is 5.80. The number of rotatable bonds is 4. The molecule has 2 aromatic carbocycles. The average molecular weight is 328 g/mol. The Bertz CT molecular complexity index is 791. The van der Waals surface area contributed by atoms with Crippen LogP contribution >= 0.6 is 0 Å². The number of carbonyl (C=O) groups excluding carboxylic acids is 2. The van der Waals surface area contributed by atoms with Gasteiger partial charge >= 0.3 is 6.03 Å². The van der Waals surface area contributed by atoms with Gasteiger partial charge in [0.2, 0.25) is 0 Å². The van der Waals surface area contributed by atoms with Crippen LogP contribution in [-0.2, 0) is 16.9 Å². The third-order valence-electron chi connectivity index (χ3n) is 4.18. The van der Waals surface area contributed by atoms with Crippen molar-refractivity contribution in [2.75, 3.05) is 7.11 Å². The Balaban J connectivity index is 1.88. The summed E-state index contributed by atoms with van der Waals surface area (Å²) in [7, 11) is 1.54. The van der Waals surface area contributed by atoms with E-state index in [1.54, 1.807) is 43.3 Å². The molecular weight excluding hydrogens is 311 g/mol. The largest absolute Gasteiger partial charge is 0.497 e. The Kier molecular flexibility index (Phi) is 3.97. The number of halogens is 1. The van der Waals surface area contributed by atoms with Gasteiger partial charge in [0.25, 0.3) is 5.91 Å². The lowest BCUT2D eigenvalue weighted by atomic mass is 9.92. The highest BCUT2D eigenvalue weighted by atomic mass is 19.1. The molecule has 124 valence electrons. The molecule has 0 bridgehead atoms. The number of hydrogen-bond donors (Lipinski definition) is 1. The molecule has 3 amide bonds. The fraction of sp³-hybridized carbons (Fsp3) is 0.222. The van der Waals surface area contributed by atoms with Gasteiger partial charge in [-0.1, -0.05) is 24.3 Å². The molecule has 5 nitrogen and oxygen atoms in total. The monoisotopic (exact) mass is 328 g/mol. The van der Waals surface area contributed by atoms with E-state index in [2.05, 4.69) is 5.32 Å². The quantitative estimate of drug-likeness (QED) is 0.878. The average Bonchev–Trinajstić information content (AvgIpc) is 2.81. The topological polar surface area (TPSA) is 58.6 Å². The van der Waals surface area contributed by atoms with Crippen LogP contribution in [0.15, 0.2) is 48.5 Å². The van der Waals surface area contributed by atoms with Gasteiger partial charge in [-0.15, -0.1) is 0 Å². The minimum Gasteiger partial charge on any atom is -0.497 e. The van der Waals surface area contributed by atoms with Gasteiger partial charge in [0.05, 0.1) is 13.7 Å².